The van der Waals surface area contributed by atoms with Crippen LogP contribution >= 0.6 is 0 Å². The molecule has 1 unspecified atom stereocenters. The molecule has 0 saturated carbocycles. The zero-order valence-corrected chi connectivity index (χ0v) is 14.4. The van der Waals surface area contributed by atoms with Crippen LogP contribution in [0.5, 0.6) is 0 Å². The molecule has 1 aromatic heterocycles. The zero-order valence-electron chi connectivity index (χ0n) is 14.4. The molecule has 0 bridgehead atoms. The first-order chi connectivity index (χ1) is 12.6. The number of hydrogen-bond donors (Lipinski definition) is 2. The van der Waals surface area contributed by atoms with Gasteiger partial charge in [-0.05, 0) is 11.6 Å². The largest absolute Gasteiger partial charge is 0.352 e. The Bertz CT molecular complexity index is 732. The molecule has 1 aliphatic heterocycles. The van der Waals surface area contributed by atoms with Crippen LogP contribution in [-0.2, 0) is 11.2 Å². The number of piperazine rings is 1. The highest BCUT2D eigenvalue weighted by Gasteiger charge is 2.29. The number of carbonyl (C=O) groups excluding carboxylic acids is 2. The Labute approximate surface area is 152 Å². The van der Waals surface area contributed by atoms with E-state index in [9.17, 15) is 9.59 Å². The van der Waals surface area contributed by atoms with Crippen molar-refractivity contribution in [2.45, 2.75) is 12.5 Å². The predicted octanol–water partition coefficient (Wildman–Crippen LogP) is 0.405. The Morgan fingerprint density at radius 2 is 1.69 bits per heavy atom. The van der Waals surface area contributed by atoms with E-state index in [1.807, 2.05) is 35.2 Å². The fraction of sp³-hybridized carbons (Fsp3) is 0.333. The minimum absolute atomic E-state index is 0.124. The smallest absolute Gasteiger partial charge is 0.312 e. The number of primary amides is 1. The molecule has 8 nitrogen and oxygen atoms in total. The first-order valence-corrected chi connectivity index (χ1v) is 8.54. The fourth-order valence-electron chi connectivity index (χ4n) is 3.02. The lowest BCUT2D eigenvalue weighted by atomic mass is 10.0. The molecule has 3 rings (SSSR count). The molecule has 2 heterocycles. The molecule has 0 radical (unpaired) electrons. The maximum atomic E-state index is 12.9. The molecule has 0 aliphatic carbocycles. The second-order valence-electron chi connectivity index (χ2n) is 6.11. The van der Waals surface area contributed by atoms with Crippen LogP contribution in [0.4, 0.5) is 10.7 Å². The van der Waals surface area contributed by atoms with Gasteiger partial charge in [0.15, 0.2) is 0 Å². The van der Waals surface area contributed by atoms with Crippen LogP contribution in [-0.4, -0.2) is 59.0 Å². The van der Waals surface area contributed by atoms with Gasteiger partial charge in [-0.2, -0.15) is 0 Å². The minimum Gasteiger partial charge on any atom is -0.352 e. The summed E-state index contributed by atoms with van der Waals surface area (Å²) in [7, 11) is 0. The average Bonchev–Trinajstić information content (AvgIpc) is 2.68. The van der Waals surface area contributed by atoms with Gasteiger partial charge in [0, 0.05) is 45.0 Å². The quantitative estimate of drug-likeness (QED) is 0.809. The summed E-state index contributed by atoms with van der Waals surface area (Å²) in [5.74, 6) is 0.539. The summed E-state index contributed by atoms with van der Waals surface area (Å²) >= 11 is 0. The number of nitrogens with zero attached hydrogens (tertiary/aromatic N) is 4. The van der Waals surface area contributed by atoms with E-state index >= 15 is 0 Å². The number of anilines is 1. The van der Waals surface area contributed by atoms with Gasteiger partial charge in [0.05, 0.1) is 0 Å². The molecule has 3 amide bonds. The van der Waals surface area contributed by atoms with Crippen molar-refractivity contribution < 1.29 is 9.59 Å². The highest BCUT2D eigenvalue weighted by Crippen LogP contribution is 2.12. The number of benzene rings is 1. The second-order valence-corrected chi connectivity index (χ2v) is 6.11. The fourth-order valence-corrected chi connectivity index (χ4v) is 3.02. The third kappa shape index (κ3) is 4.47. The van der Waals surface area contributed by atoms with E-state index in [0.29, 0.717) is 38.5 Å². The molecule has 1 aromatic carbocycles. The Hall–Kier alpha value is -3.16. The normalized spacial score (nSPS) is 15.4. The van der Waals surface area contributed by atoms with E-state index in [4.69, 9.17) is 5.73 Å². The van der Waals surface area contributed by atoms with Gasteiger partial charge in [-0.3, -0.25) is 4.79 Å². The van der Waals surface area contributed by atoms with Crippen molar-refractivity contribution in [3.05, 3.63) is 54.4 Å². The van der Waals surface area contributed by atoms with Crippen LogP contribution in [0.25, 0.3) is 0 Å². The lowest BCUT2D eigenvalue weighted by molar-refractivity contribution is -0.133. The molecule has 1 fully saturated rings. The van der Waals surface area contributed by atoms with Crippen molar-refractivity contribution >= 4 is 17.9 Å². The standard InChI is InChI=1S/C18H22N6O2/c19-17(26)22-15(13-14-5-2-1-3-6-14)16(25)23-9-11-24(12-10-23)18-20-7-4-8-21-18/h1-8,15H,9-13H2,(H3,19,22,26). The maximum absolute atomic E-state index is 12.9. The molecule has 3 N–H and O–H groups in total. The van der Waals surface area contributed by atoms with E-state index in [2.05, 4.69) is 15.3 Å². The number of hydrogen-bond acceptors (Lipinski definition) is 5. The van der Waals surface area contributed by atoms with Crippen molar-refractivity contribution in [2.24, 2.45) is 5.73 Å². The number of rotatable bonds is 5. The monoisotopic (exact) mass is 354 g/mol. The van der Waals surface area contributed by atoms with Gasteiger partial charge in [0.1, 0.15) is 6.04 Å². The highest BCUT2D eigenvalue weighted by molar-refractivity contribution is 5.87. The Balaban J connectivity index is 1.63. The van der Waals surface area contributed by atoms with Crippen molar-refractivity contribution in [3.8, 4) is 0 Å². The number of carbonyl (C=O) groups is 2. The molecule has 2 aromatic rings. The summed E-state index contributed by atoms with van der Waals surface area (Å²) < 4.78 is 0. The number of nitrogens with two attached hydrogens (primary N) is 1. The van der Waals surface area contributed by atoms with E-state index in [1.54, 1.807) is 23.4 Å². The van der Waals surface area contributed by atoms with E-state index in [1.165, 1.54) is 0 Å². The van der Waals surface area contributed by atoms with Gasteiger partial charge in [-0.1, -0.05) is 30.3 Å². The maximum Gasteiger partial charge on any atom is 0.312 e. The number of amides is 3. The first kappa shape index (κ1) is 17.7. The molecule has 26 heavy (non-hydrogen) atoms. The topological polar surface area (TPSA) is 104 Å². The Morgan fingerprint density at radius 1 is 1.04 bits per heavy atom. The van der Waals surface area contributed by atoms with Gasteiger partial charge >= 0.3 is 6.03 Å². The zero-order chi connectivity index (χ0) is 18.4. The highest BCUT2D eigenvalue weighted by atomic mass is 16.2. The van der Waals surface area contributed by atoms with Gasteiger partial charge in [0.2, 0.25) is 11.9 Å². The van der Waals surface area contributed by atoms with Gasteiger partial charge < -0.3 is 20.9 Å². The molecule has 1 atom stereocenters. The summed E-state index contributed by atoms with van der Waals surface area (Å²) in [6.07, 6.45) is 3.81. The summed E-state index contributed by atoms with van der Waals surface area (Å²) in [6.45, 7) is 2.38. The van der Waals surface area contributed by atoms with Crippen molar-refractivity contribution in [1.82, 2.24) is 20.2 Å². The third-order valence-corrected chi connectivity index (χ3v) is 4.32. The first-order valence-electron chi connectivity index (χ1n) is 8.54. The molecular weight excluding hydrogens is 332 g/mol. The van der Waals surface area contributed by atoms with E-state index in [-0.39, 0.29) is 5.91 Å². The molecule has 1 saturated heterocycles. The van der Waals surface area contributed by atoms with E-state index in [0.717, 1.165) is 5.56 Å². The molecule has 0 spiro atoms. The molecule has 1 aliphatic rings. The van der Waals surface area contributed by atoms with E-state index < -0.39 is 12.1 Å². The third-order valence-electron chi connectivity index (χ3n) is 4.32. The lowest BCUT2D eigenvalue weighted by Gasteiger charge is -2.36. The van der Waals surface area contributed by atoms with Gasteiger partial charge in [0.25, 0.3) is 0 Å². The molecular formula is C18H22N6O2. The number of aromatic nitrogens is 2. The summed E-state index contributed by atoms with van der Waals surface area (Å²) in [4.78, 5) is 36.5. The van der Waals surface area contributed by atoms with Gasteiger partial charge in [-0.15, -0.1) is 0 Å². The van der Waals surface area contributed by atoms with Crippen molar-refractivity contribution in [1.29, 1.82) is 0 Å². The van der Waals surface area contributed by atoms with Crippen LogP contribution in [0.3, 0.4) is 0 Å². The van der Waals surface area contributed by atoms with Crippen LogP contribution < -0.4 is 16.0 Å². The Morgan fingerprint density at radius 3 is 2.31 bits per heavy atom. The number of nitrogens with one attached hydrogen (secondary N) is 1. The van der Waals surface area contributed by atoms with Crippen LogP contribution in [0, 0.1) is 0 Å². The van der Waals surface area contributed by atoms with Crippen molar-refractivity contribution in [3.63, 3.8) is 0 Å². The predicted molar refractivity (Wildman–Crippen MR) is 97.5 cm³/mol. The summed E-state index contributed by atoms with van der Waals surface area (Å²) in [5, 5.41) is 2.58. The van der Waals surface area contributed by atoms with Crippen LogP contribution in [0.2, 0.25) is 0 Å². The van der Waals surface area contributed by atoms with Crippen molar-refractivity contribution in [2.75, 3.05) is 31.1 Å². The summed E-state index contributed by atoms with van der Waals surface area (Å²) in [5.41, 5.74) is 6.24. The Kier molecular flexibility index (Phi) is 5.62. The minimum atomic E-state index is -0.699. The van der Waals surface area contributed by atoms with Crippen LogP contribution in [0.15, 0.2) is 48.8 Å². The molecule has 136 valence electrons. The average molecular weight is 354 g/mol. The molecule has 8 heteroatoms. The summed E-state index contributed by atoms with van der Waals surface area (Å²) in [6, 6.07) is 9.96. The van der Waals surface area contributed by atoms with Crippen LogP contribution in [0.1, 0.15) is 5.56 Å². The lowest BCUT2D eigenvalue weighted by Crippen LogP contribution is -2.56. The SMILES string of the molecule is NC(=O)NC(Cc1ccccc1)C(=O)N1CCN(c2ncccn2)CC1. The van der Waals surface area contributed by atoms with Gasteiger partial charge in [-0.25, -0.2) is 14.8 Å². The second kappa shape index (κ2) is 8.28. The number of urea groups is 1.